The zero-order valence-electron chi connectivity index (χ0n) is 14.7. The van der Waals surface area contributed by atoms with Crippen LogP contribution in [0.1, 0.15) is 50.5 Å². The first-order chi connectivity index (χ1) is 12.1. The second-order valence-corrected chi connectivity index (χ2v) is 6.31. The lowest BCUT2D eigenvalue weighted by Crippen LogP contribution is -2.04. The highest BCUT2D eigenvalue weighted by molar-refractivity contribution is 5.98. The first-order valence-corrected chi connectivity index (χ1v) is 8.79. The van der Waals surface area contributed by atoms with E-state index in [4.69, 9.17) is 9.47 Å². The van der Waals surface area contributed by atoms with Gasteiger partial charge in [0.1, 0.15) is 12.4 Å². The molecule has 1 aromatic rings. The fourth-order valence-corrected chi connectivity index (χ4v) is 2.82. The minimum absolute atomic E-state index is 0.0645. The molecule has 1 atom stereocenters. The van der Waals surface area contributed by atoms with Crippen molar-refractivity contribution in [1.29, 1.82) is 0 Å². The minimum atomic E-state index is -0.594. The molecule has 0 spiro atoms. The van der Waals surface area contributed by atoms with E-state index in [0.29, 0.717) is 6.42 Å². The van der Waals surface area contributed by atoms with Gasteiger partial charge in [-0.15, -0.1) is 0 Å². The predicted octanol–water partition coefficient (Wildman–Crippen LogP) is 3.34. The van der Waals surface area contributed by atoms with Gasteiger partial charge in [-0.1, -0.05) is 25.0 Å². The summed E-state index contributed by atoms with van der Waals surface area (Å²) in [5.74, 6) is 0.655. The minimum Gasteiger partial charge on any atom is -0.497 e. The van der Waals surface area contributed by atoms with Crippen LogP contribution in [0.15, 0.2) is 35.9 Å². The second-order valence-electron chi connectivity index (χ2n) is 6.31. The second kappa shape index (κ2) is 9.99. The maximum Gasteiger partial charge on any atom is 0.306 e. The van der Waals surface area contributed by atoms with E-state index in [9.17, 15) is 14.7 Å². The van der Waals surface area contributed by atoms with Crippen molar-refractivity contribution in [1.82, 2.24) is 0 Å². The predicted molar refractivity (Wildman–Crippen MR) is 94.2 cm³/mol. The smallest absolute Gasteiger partial charge is 0.306 e. The molecule has 1 N–H and O–H groups in total. The number of hydrogen-bond acceptors (Lipinski definition) is 5. The summed E-state index contributed by atoms with van der Waals surface area (Å²) in [7, 11) is 1.61. The Kier molecular flexibility index (Phi) is 7.67. The van der Waals surface area contributed by atoms with Crippen molar-refractivity contribution in [2.45, 2.75) is 57.7 Å². The van der Waals surface area contributed by atoms with Gasteiger partial charge in [0.2, 0.25) is 0 Å². The van der Waals surface area contributed by atoms with Crippen LogP contribution in [0.4, 0.5) is 0 Å². The molecule has 5 nitrogen and oxygen atoms in total. The molecule has 0 fully saturated rings. The average Bonchev–Trinajstić information content (AvgIpc) is 2.94. The van der Waals surface area contributed by atoms with Gasteiger partial charge in [0.15, 0.2) is 5.78 Å². The number of allylic oxidation sites excluding steroid dienone is 1. The van der Waals surface area contributed by atoms with E-state index in [1.165, 1.54) is 0 Å². The van der Waals surface area contributed by atoms with Crippen LogP contribution in [0.5, 0.6) is 5.75 Å². The molecule has 136 valence electrons. The van der Waals surface area contributed by atoms with Gasteiger partial charge in [0.05, 0.1) is 13.2 Å². The highest BCUT2D eigenvalue weighted by atomic mass is 16.5. The van der Waals surface area contributed by atoms with Crippen LogP contribution in [0.3, 0.4) is 0 Å². The summed E-state index contributed by atoms with van der Waals surface area (Å²) >= 11 is 0. The van der Waals surface area contributed by atoms with Crippen molar-refractivity contribution in [2.75, 3.05) is 7.11 Å². The summed E-state index contributed by atoms with van der Waals surface area (Å²) in [5.41, 5.74) is 1.69. The van der Waals surface area contributed by atoms with Crippen LogP contribution < -0.4 is 4.74 Å². The zero-order valence-corrected chi connectivity index (χ0v) is 14.7. The number of aliphatic hydroxyl groups is 1. The Hall–Kier alpha value is -2.14. The number of benzene rings is 1. The van der Waals surface area contributed by atoms with Crippen LogP contribution in [-0.4, -0.2) is 30.1 Å². The highest BCUT2D eigenvalue weighted by Crippen LogP contribution is 2.20. The molecular formula is C20H26O5. The van der Waals surface area contributed by atoms with Crippen molar-refractivity contribution in [3.63, 3.8) is 0 Å². The first kappa shape index (κ1) is 19.2. The average molecular weight is 346 g/mol. The molecule has 1 aromatic carbocycles. The highest BCUT2D eigenvalue weighted by Gasteiger charge is 2.21. The van der Waals surface area contributed by atoms with Gasteiger partial charge in [-0.2, -0.15) is 0 Å². The van der Waals surface area contributed by atoms with E-state index >= 15 is 0 Å². The molecule has 0 saturated carbocycles. The Balaban J connectivity index is 1.52. The van der Waals surface area contributed by atoms with E-state index in [2.05, 4.69) is 0 Å². The molecule has 0 aliphatic heterocycles. The fourth-order valence-electron chi connectivity index (χ4n) is 2.82. The maximum atomic E-state index is 11.7. The molecule has 0 radical (unpaired) electrons. The third kappa shape index (κ3) is 6.70. The molecule has 2 rings (SSSR count). The Bertz CT molecular complexity index is 603. The SMILES string of the molecule is COc1ccc(COC(=O)CCCCCCC2=C[C@H](O)CC2=O)cc1. The van der Waals surface area contributed by atoms with Crippen LogP contribution in [-0.2, 0) is 20.9 Å². The Labute approximate surface area is 148 Å². The number of methoxy groups -OCH3 is 1. The van der Waals surface area contributed by atoms with E-state index in [1.807, 2.05) is 24.3 Å². The van der Waals surface area contributed by atoms with Gasteiger partial charge >= 0.3 is 5.97 Å². The van der Waals surface area contributed by atoms with E-state index in [-0.39, 0.29) is 24.8 Å². The number of aliphatic hydroxyl groups excluding tert-OH is 1. The molecule has 0 saturated heterocycles. The molecule has 0 aromatic heterocycles. The molecular weight excluding hydrogens is 320 g/mol. The number of esters is 1. The largest absolute Gasteiger partial charge is 0.497 e. The molecule has 1 aliphatic carbocycles. The molecule has 1 aliphatic rings. The molecule has 0 amide bonds. The van der Waals surface area contributed by atoms with Gasteiger partial charge in [0, 0.05) is 12.8 Å². The molecule has 0 unspecified atom stereocenters. The van der Waals surface area contributed by atoms with Crippen molar-refractivity contribution in [2.24, 2.45) is 0 Å². The molecule has 0 heterocycles. The van der Waals surface area contributed by atoms with Crippen LogP contribution in [0.25, 0.3) is 0 Å². The quantitative estimate of drug-likeness (QED) is 0.520. The third-order valence-corrected chi connectivity index (χ3v) is 4.28. The lowest BCUT2D eigenvalue weighted by molar-refractivity contribution is -0.145. The third-order valence-electron chi connectivity index (χ3n) is 4.28. The summed E-state index contributed by atoms with van der Waals surface area (Å²) in [6.45, 7) is 0.279. The van der Waals surface area contributed by atoms with Gasteiger partial charge in [-0.25, -0.2) is 0 Å². The van der Waals surface area contributed by atoms with Crippen molar-refractivity contribution in [3.8, 4) is 5.75 Å². The summed E-state index contributed by atoms with van der Waals surface area (Å²) in [6, 6.07) is 7.43. The zero-order chi connectivity index (χ0) is 18.1. The number of Topliss-reactive ketones (excluding diaryl/α,β-unsaturated/α-hetero) is 1. The van der Waals surface area contributed by atoms with Gasteiger partial charge in [0.25, 0.3) is 0 Å². The lowest BCUT2D eigenvalue weighted by Gasteiger charge is -2.06. The number of unbranched alkanes of at least 4 members (excludes halogenated alkanes) is 3. The van der Waals surface area contributed by atoms with Crippen LogP contribution in [0.2, 0.25) is 0 Å². The molecule has 25 heavy (non-hydrogen) atoms. The number of carbonyl (C=O) groups is 2. The number of ether oxygens (including phenoxy) is 2. The molecule has 5 heteroatoms. The monoisotopic (exact) mass is 346 g/mol. The Morgan fingerprint density at radius 2 is 1.88 bits per heavy atom. The Morgan fingerprint density at radius 3 is 2.52 bits per heavy atom. The summed E-state index contributed by atoms with van der Waals surface area (Å²) in [5, 5.41) is 9.38. The summed E-state index contributed by atoms with van der Waals surface area (Å²) in [4.78, 5) is 23.3. The normalized spacial score (nSPS) is 16.6. The van der Waals surface area contributed by atoms with Gasteiger partial charge in [-0.05, 0) is 48.6 Å². The summed E-state index contributed by atoms with van der Waals surface area (Å²) in [6.07, 6.45) is 6.03. The lowest BCUT2D eigenvalue weighted by atomic mass is 10.0. The number of carbonyl (C=O) groups excluding carboxylic acids is 2. The van der Waals surface area contributed by atoms with Crippen LogP contribution >= 0.6 is 0 Å². The van der Waals surface area contributed by atoms with Gasteiger partial charge < -0.3 is 14.6 Å². The van der Waals surface area contributed by atoms with E-state index < -0.39 is 6.10 Å². The van der Waals surface area contributed by atoms with Gasteiger partial charge in [-0.3, -0.25) is 9.59 Å². The standard InChI is InChI=1S/C20H26O5/c1-24-18-10-8-15(9-11-18)14-25-20(23)7-5-3-2-4-6-16-12-17(21)13-19(16)22/h8-12,17,21H,2-7,13-14H2,1H3/t17-/m0/s1. The maximum absolute atomic E-state index is 11.7. The van der Waals surface area contributed by atoms with Crippen molar-refractivity contribution < 1.29 is 24.2 Å². The van der Waals surface area contributed by atoms with Crippen LogP contribution in [0, 0.1) is 0 Å². The number of hydrogen-bond donors (Lipinski definition) is 1. The van der Waals surface area contributed by atoms with E-state index in [0.717, 1.165) is 49.0 Å². The Morgan fingerprint density at radius 1 is 1.16 bits per heavy atom. The fraction of sp³-hybridized carbons (Fsp3) is 0.500. The number of ketones is 1. The topological polar surface area (TPSA) is 72.8 Å². The molecule has 0 bridgehead atoms. The van der Waals surface area contributed by atoms with Crippen molar-refractivity contribution >= 4 is 11.8 Å². The first-order valence-electron chi connectivity index (χ1n) is 8.79. The number of rotatable bonds is 10. The van der Waals surface area contributed by atoms with E-state index in [1.54, 1.807) is 13.2 Å². The van der Waals surface area contributed by atoms with Crippen molar-refractivity contribution in [3.05, 3.63) is 41.5 Å². The summed E-state index contributed by atoms with van der Waals surface area (Å²) < 4.78 is 10.3.